The Morgan fingerprint density at radius 1 is 1.28 bits per heavy atom. The second-order valence-corrected chi connectivity index (χ2v) is 6.37. The fourth-order valence-corrected chi connectivity index (χ4v) is 2.78. The van der Waals surface area contributed by atoms with Crippen molar-refractivity contribution < 1.29 is 9.53 Å². The summed E-state index contributed by atoms with van der Waals surface area (Å²) in [6.07, 6.45) is 1.26. The Morgan fingerprint density at radius 2 is 2.08 bits per heavy atom. The van der Waals surface area contributed by atoms with E-state index in [0.717, 1.165) is 18.8 Å². The zero-order valence-electron chi connectivity index (χ0n) is 14.7. The largest absolute Gasteiger partial charge is 0.376 e. The molecule has 2 aromatic rings. The molecule has 1 aliphatic rings. The maximum Gasteiger partial charge on any atom is 0.255 e. The van der Waals surface area contributed by atoms with Crippen molar-refractivity contribution in [2.24, 2.45) is 0 Å². The van der Waals surface area contributed by atoms with E-state index in [-0.39, 0.29) is 5.91 Å². The summed E-state index contributed by atoms with van der Waals surface area (Å²) in [5.41, 5.74) is 2.23. The molecule has 0 aliphatic carbocycles. The van der Waals surface area contributed by atoms with Crippen LogP contribution in [0.1, 0.15) is 5.56 Å². The van der Waals surface area contributed by atoms with Gasteiger partial charge in [0.2, 0.25) is 0 Å². The number of carbonyl (C=O) groups excluding carboxylic acids is 1. The van der Waals surface area contributed by atoms with Gasteiger partial charge in [-0.3, -0.25) is 9.69 Å². The van der Waals surface area contributed by atoms with E-state index >= 15 is 0 Å². The first-order chi connectivity index (χ1) is 12.1. The molecule has 1 atom stereocenters. The number of benzene rings is 1. The van der Waals surface area contributed by atoms with Gasteiger partial charge in [-0.1, -0.05) is 30.3 Å². The van der Waals surface area contributed by atoms with E-state index < -0.39 is 6.10 Å². The smallest absolute Gasteiger partial charge is 0.255 e. The van der Waals surface area contributed by atoms with Gasteiger partial charge in [-0.25, -0.2) is 4.98 Å². The monoisotopic (exact) mass is 340 g/mol. The predicted octanol–water partition coefficient (Wildman–Crippen LogP) is 1.99. The van der Waals surface area contributed by atoms with Crippen molar-refractivity contribution in [3.8, 4) is 0 Å². The van der Waals surface area contributed by atoms with E-state index in [9.17, 15) is 4.79 Å². The molecule has 132 valence electrons. The summed E-state index contributed by atoms with van der Waals surface area (Å²) in [5, 5.41) is 2.84. The molecule has 6 heteroatoms. The minimum absolute atomic E-state index is 0.150. The molecule has 1 aromatic carbocycles. The van der Waals surface area contributed by atoms with E-state index in [1.165, 1.54) is 5.56 Å². The Bertz CT molecular complexity index is 688. The lowest BCUT2D eigenvalue weighted by Gasteiger charge is -2.32. The SMILES string of the molecule is CN(C)c1ccc(NC(=O)C2CN(Cc3ccccc3)CCO2)nc1. The van der Waals surface area contributed by atoms with E-state index in [0.29, 0.717) is 19.0 Å². The van der Waals surface area contributed by atoms with Gasteiger partial charge >= 0.3 is 0 Å². The molecule has 1 fully saturated rings. The van der Waals surface area contributed by atoms with Crippen molar-refractivity contribution in [2.45, 2.75) is 12.6 Å². The quantitative estimate of drug-likeness (QED) is 0.902. The van der Waals surface area contributed by atoms with Crippen LogP contribution in [0.4, 0.5) is 11.5 Å². The molecule has 25 heavy (non-hydrogen) atoms. The van der Waals surface area contributed by atoms with Crippen LogP contribution < -0.4 is 10.2 Å². The van der Waals surface area contributed by atoms with Gasteiger partial charge in [-0.05, 0) is 17.7 Å². The Labute approximate surface area is 148 Å². The summed E-state index contributed by atoms with van der Waals surface area (Å²) < 4.78 is 5.65. The zero-order chi connectivity index (χ0) is 17.6. The number of ether oxygens (including phenoxy) is 1. The number of anilines is 2. The molecule has 0 spiro atoms. The number of pyridine rings is 1. The molecule has 1 saturated heterocycles. The van der Waals surface area contributed by atoms with Crippen LogP contribution in [0.5, 0.6) is 0 Å². The first-order valence-corrected chi connectivity index (χ1v) is 8.44. The molecule has 0 saturated carbocycles. The highest BCUT2D eigenvalue weighted by molar-refractivity contribution is 5.93. The number of hydrogen-bond donors (Lipinski definition) is 1. The van der Waals surface area contributed by atoms with Crippen molar-refractivity contribution in [1.29, 1.82) is 0 Å². The lowest BCUT2D eigenvalue weighted by atomic mass is 10.2. The summed E-state index contributed by atoms with van der Waals surface area (Å²) in [4.78, 5) is 21.0. The molecule has 3 rings (SSSR count). The minimum atomic E-state index is -0.479. The third-order valence-corrected chi connectivity index (χ3v) is 4.21. The highest BCUT2D eigenvalue weighted by Crippen LogP contribution is 2.14. The van der Waals surface area contributed by atoms with E-state index in [4.69, 9.17) is 4.74 Å². The Hall–Kier alpha value is -2.44. The van der Waals surface area contributed by atoms with Gasteiger partial charge in [0.25, 0.3) is 5.91 Å². The van der Waals surface area contributed by atoms with Crippen LogP contribution >= 0.6 is 0 Å². The van der Waals surface area contributed by atoms with Crippen molar-refractivity contribution in [3.05, 3.63) is 54.2 Å². The van der Waals surface area contributed by atoms with Gasteiger partial charge in [-0.15, -0.1) is 0 Å². The predicted molar refractivity (Wildman–Crippen MR) is 98.7 cm³/mol. The lowest BCUT2D eigenvalue weighted by Crippen LogP contribution is -2.47. The molecular formula is C19H24N4O2. The van der Waals surface area contributed by atoms with E-state index in [1.54, 1.807) is 12.3 Å². The second kappa shape index (κ2) is 8.09. The maximum atomic E-state index is 12.5. The summed E-state index contributed by atoms with van der Waals surface area (Å²) in [6, 6.07) is 14.0. The van der Waals surface area contributed by atoms with Crippen molar-refractivity contribution >= 4 is 17.4 Å². The number of amides is 1. The van der Waals surface area contributed by atoms with Crippen molar-refractivity contribution in [2.75, 3.05) is 44.0 Å². The number of carbonyl (C=O) groups is 1. The zero-order valence-corrected chi connectivity index (χ0v) is 14.7. The van der Waals surface area contributed by atoms with Gasteiger partial charge < -0.3 is 15.0 Å². The first-order valence-electron chi connectivity index (χ1n) is 8.44. The molecule has 0 bridgehead atoms. The van der Waals surface area contributed by atoms with Crippen molar-refractivity contribution in [1.82, 2.24) is 9.88 Å². The molecule has 1 amide bonds. The van der Waals surface area contributed by atoms with Crippen molar-refractivity contribution in [3.63, 3.8) is 0 Å². The Balaban J connectivity index is 1.56. The third kappa shape index (κ3) is 4.78. The topological polar surface area (TPSA) is 57.7 Å². The maximum absolute atomic E-state index is 12.5. The third-order valence-electron chi connectivity index (χ3n) is 4.21. The summed E-state index contributed by atoms with van der Waals surface area (Å²) >= 11 is 0. The van der Waals surface area contributed by atoms with Crippen LogP contribution in [0, 0.1) is 0 Å². The molecule has 1 aromatic heterocycles. The molecule has 1 N–H and O–H groups in total. The molecule has 0 radical (unpaired) electrons. The number of nitrogens with zero attached hydrogens (tertiary/aromatic N) is 3. The summed E-state index contributed by atoms with van der Waals surface area (Å²) in [5.74, 6) is 0.391. The average Bonchev–Trinajstić information content (AvgIpc) is 2.63. The molecule has 2 heterocycles. The number of aromatic nitrogens is 1. The van der Waals surface area contributed by atoms with Gasteiger partial charge in [0.15, 0.2) is 0 Å². The fourth-order valence-electron chi connectivity index (χ4n) is 2.78. The molecular weight excluding hydrogens is 316 g/mol. The first kappa shape index (κ1) is 17.4. The Kier molecular flexibility index (Phi) is 5.63. The number of hydrogen-bond acceptors (Lipinski definition) is 5. The van der Waals surface area contributed by atoms with Gasteiger partial charge in [0, 0.05) is 33.7 Å². The molecule has 1 unspecified atom stereocenters. The van der Waals surface area contributed by atoms with Gasteiger partial charge in [0.05, 0.1) is 18.5 Å². The van der Waals surface area contributed by atoms with Gasteiger partial charge in [0.1, 0.15) is 11.9 Å². The van der Waals surface area contributed by atoms with Gasteiger partial charge in [-0.2, -0.15) is 0 Å². The second-order valence-electron chi connectivity index (χ2n) is 6.37. The average molecular weight is 340 g/mol. The van der Waals surface area contributed by atoms with Crippen LogP contribution in [-0.4, -0.2) is 55.7 Å². The van der Waals surface area contributed by atoms with Crippen LogP contribution in [0.3, 0.4) is 0 Å². The van der Waals surface area contributed by atoms with Crippen LogP contribution in [0.25, 0.3) is 0 Å². The number of morpholine rings is 1. The van der Waals surface area contributed by atoms with E-state index in [2.05, 4.69) is 27.3 Å². The van der Waals surface area contributed by atoms with E-state index in [1.807, 2.05) is 43.3 Å². The van der Waals surface area contributed by atoms with Crippen LogP contribution in [-0.2, 0) is 16.1 Å². The Morgan fingerprint density at radius 3 is 2.76 bits per heavy atom. The number of nitrogens with one attached hydrogen (secondary N) is 1. The molecule has 1 aliphatic heterocycles. The van der Waals surface area contributed by atoms with Crippen LogP contribution in [0.15, 0.2) is 48.7 Å². The summed E-state index contributed by atoms with van der Waals surface area (Å²) in [6.45, 7) is 2.78. The number of rotatable bonds is 5. The fraction of sp³-hybridized carbons (Fsp3) is 0.368. The normalized spacial score (nSPS) is 17.9. The minimum Gasteiger partial charge on any atom is -0.376 e. The lowest BCUT2D eigenvalue weighted by molar-refractivity contribution is -0.133. The highest BCUT2D eigenvalue weighted by atomic mass is 16.5. The molecule has 6 nitrogen and oxygen atoms in total. The van der Waals surface area contributed by atoms with Crippen LogP contribution in [0.2, 0.25) is 0 Å². The highest BCUT2D eigenvalue weighted by Gasteiger charge is 2.26. The standard InChI is InChI=1S/C19H24N4O2/c1-22(2)16-8-9-18(20-12-16)21-19(24)17-14-23(10-11-25-17)13-15-6-4-3-5-7-15/h3-9,12,17H,10-11,13-14H2,1-2H3,(H,20,21,24). The summed E-state index contributed by atoms with van der Waals surface area (Å²) in [7, 11) is 3.90.